The van der Waals surface area contributed by atoms with Gasteiger partial charge in [0, 0.05) is 31.4 Å². The first-order valence-electron chi connectivity index (χ1n) is 11.3. The molecule has 5 rings (SSSR count). The van der Waals surface area contributed by atoms with E-state index in [0.717, 1.165) is 39.1 Å². The van der Waals surface area contributed by atoms with Gasteiger partial charge in [-0.15, -0.1) is 0 Å². The quantitative estimate of drug-likeness (QED) is 0.369. The van der Waals surface area contributed by atoms with Crippen molar-refractivity contribution in [1.82, 2.24) is 24.8 Å². The van der Waals surface area contributed by atoms with E-state index >= 15 is 0 Å². The lowest BCUT2D eigenvalue weighted by Gasteiger charge is -2.22. The summed E-state index contributed by atoms with van der Waals surface area (Å²) in [5.41, 5.74) is 5.24. The van der Waals surface area contributed by atoms with Gasteiger partial charge in [0.25, 0.3) is 5.91 Å². The molecular formula is C28H24N6O. The van der Waals surface area contributed by atoms with E-state index < -0.39 is 0 Å². The molecule has 172 valence electrons. The van der Waals surface area contributed by atoms with E-state index in [1.807, 2.05) is 49.5 Å². The summed E-state index contributed by atoms with van der Waals surface area (Å²) in [5, 5.41) is 4.09. The molecule has 0 aliphatic rings. The minimum Gasteiger partial charge on any atom is -0.373 e. The Labute approximate surface area is 203 Å². The van der Waals surface area contributed by atoms with Crippen LogP contribution in [0.1, 0.15) is 21.7 Å². The van der Waals surface area contributed by atoms with Crippen LogP contribution in [0.25, 0.3) is 22.0 Å². The Morgan fingerprint density at radius 1 is 0.800 bits per heavy atom. The Morgan fingerprint density at radius 2 is 1.63 bits per heavy atom. The number of nitrogens with zero attached hydrogens (tertiary/aromatic N) is 5. The van der Waals surface area contributed by atoms with Gasteiger partial charge in [-0.3, -0.25) is 14.8 Å². The van der Waals surface area contributed by atoms with E-state index in [9.17, 15) is 4.79 Å². The van der Waals surface area contributed by atoms with Crippen LogP contribution in [0.3, 0.4) is 0 Å². The second-order valence-corrected chi connectivity index (χ2v) is 8.10. The van der Waals surface area contributed by atoms with Crippen LogP contribution in [0.5, 0.6) is 0 Å². The minimum atomic E-state index is -0.136. The maximum absolute atomic E-state index is 13.3. The summed E-state index contributed by atoms with van der Waals surface area (Å²) in [6.07, 6.45) is 4.93. The van der Waals surface area contributed by atoms with Crippen molar-refractivity contribution in [3.63, 3.8) is 0 Å². The smallest absolute Gasteiger partial charge is 0.273 e. The SMILES string of the molecule is CNc1ncnc2ccc(-c3cccc(CN(Cc4ccccn4)C(=O)c4ccccn4)c3)cc12. The van der Waals surface area contributed by atoms with Crippen molar-refractivity contribution in [1.29, 1.82) is 0 Å². The lowest BCUT2D eigenvalue weighted by Crippen LogP contribution is -2.31. The van der Waals surface area contributed by atoms with Gasteiger partial charge in [-0.25, -0.2) is 9.97 Å². The highest BCUT2D eigenvalue weighted by Gasteiger charge is 2.18. The highest BCUT2D eigenvalue weighted by Crippen LogP contribution is 2.28. The molecule has 1 amide bonds. The number of hydrogen-bond acceptors (Lipinski definition) is 6. The average Bonchev–Trinajstić information content (AvgIpc) is 2.93. The summed E-state index contributed by atoms with van der Waals surface area (Å²) in [7, 11) is 1.85. The Morgan fingerprint density at radius 3 is 2.40 bits per heavy atom. The molecule has 0 spiro atoms. The number of aromatic nitrogens is 4. The number of carbonyl (C=O) groups is 1. The zero-order valence-electron chi connectivity index (χ0n) is 19.3. The number of benzene rings is 2. The highest BCUT2D eigenvalue weighted by atomic mass is 16.2. The third-order valence-corrected chi connectivity index (χ3v) is 5.76. The topological polar surface area (TPSA) is 83.9 Å². The number of nitrogens with one attached hydrogen (secondary N) is 1. The van der Waals surface area contributed by atoms with E-state index in [0.29, 0.717) is 18.8 Å². The largest absolute Gasteiger partial charge is 0.373 e. The van der Waals surface area contributed by atoms with E-state index in [4.69, 9.17) is 0 Å². The molecule has 0 aliphatic heterocycles. The summed E-state index contributed by atoms with van der Waals surface area (Å²) < 4.78 is 0. The number of amides is 1. The highest BCUT2D eigenvalue weighted by molar-refractivity contribution is 5.93. The molecule has 0 radical (unpaired) electrons. The molecule has 1 N–H and O–H groups in total. The number of carbonyl (C=O) groups excluding carboxylic acids is 1. The van der Waals surface area contributed by atoms with Gasteiger partial charge in [0.1, 0.15) is 17.8 Å². The van der Waals surface area contributed by atoms with Gasteiger partial charge < -0.3 is 10.2 Å². The Kier molecular flexibility index (Phi) is 6.39. The Hall–Kier alpha value is -4.65. The predicted molar refractivity (Wildman–Crippen MR) is 137 cm³/mol. The molecule has 3 heterocycles. The lowest BCUT2D eigenvalue weighted by atomic mass is 10.0. The summed E-state index contributed by atoms with van der Waals surface area (Å²) in [6.45, 7) is 0.817. The third kappa shape index (κ3) is 4.99. The molecule has 7 nitrogen and oxygen atoms in total. The fourth-order valence-corrected chi connectivity index (χ4v) is 4.04. The van der Waals surface area contributed by atoms with Crippen molar-refractivity contribution in [3.8, 4) is 11.1 Å². The van der Waals surface area contributed by atoms with Crippen molar-refractivity contribution in [3.05, 3.63) is 115 Å². The van der Waals surface area contributed by atoms with Gasteiger partial charge in [-0.1, -0.05) is 36.4 Å². The number of rotatable bonds is 7. The number of anilines is 1. The predicted octanol–water partition coefficient (Wildman–Crippen LogP) is 4.97. The van der Waals surface area contributed by atoms with Gasteiger partial charge >= 0.3 is 0 Å². The maximum atomic E-state index is 13.3. The van der Waals surface area contributed by atoms with Gasteiger partial charge in [-0.05, 0) is 59.2 Å². The second kappa shape index (κ2) is 10.1. The standard InChI is InChI=1S/C28H24N6O/c1-29-27-24-16-22(11-12-25(24)32-19-33-27)21-8-6-7-20(15-21)17-34(18-23-9-2-4-13-30-23)28(35)26-10-3-5-14-31-26/h2-16,19H,17-18H2,1H3,(H,29,32,33). The fourth-order valence-electron chi connectivity index (χ4n) is 4.04. The average molecular weight is 461 g/mol. The molecule has 35 heavy (non-hydrogen) atoms. The van der Waals surface area contributed by atoms with Gasteiger partial charge in [0.2, 0.25) is 0 Å². The van der Waals surface area contributed by atoms with Gasteiger partial charge in [0.15, 0.2) is 0 Å². The molecular weight excluding hydrogens is 436 g/mol. The molecule has 0 bridgehead atoms. The first kappa shape index (κ1) is 22.2. The molecule has 3 aromatic heterocycles. The molecule has 5 aromatic rings. The summed E-state index contributed by atoms with van der Waals surface area (Å²) in [6, 6.07) is 25.4. The second-order valence-electron chi connectivity index (χ2n) is 8.10. The fraction of sp³-hybridized carbons (Fsp3) is 0.107. The van der Waals surface area contributed by atoms with Crippen LogP contribution in [-0.4, -0.2) is 37.8 Å². The molecule has 0 fully saturated rings. The summed E-state index contributed by atoms with van der Waals surface area (Å²) in [5.74, 6) is 0.652. The molecule has 7 heteroatoms. The van der Waals surface area contributed by atoms with Gasteiger partial charge in [-0.2, -0.15) is 0 Å². The van der Waals surface area contributed by atoms with Crippen molar-refractivity contribution in [2.45, 2.75) is 13.1 Å². The zero-order chi connectivity index (χ0) is 24.0. The number of pyridine rings is 2. The summed E-state index contributed by atoms with van der Waals surface area (Å²) in [4.78, 5) is 32.5. The van der Waals surface area contributed by atoms with E-state index in [2.05, 4.69) is 49.5 Å². The first-order valence-corrected chi connectivity index (χ1v) is 11.3. The molecule has 0 unspecified atom stereocenters. The Bertz CT molecular complexity index is 1460. The van der Waals surface area contributed by atoms with E-state index in [1.165, 1.54) is 0 Å². The van der Waals surface area contributed by atoms with Gasteiger partial charge in [0.05, 0.1) is 17.8 Å². The molecule has 0 saturated carbocycles. The van der Waals surface area contributed by atoms with E-state index in [1.54, 1.807) is 35.8 Å². The normalized spacial score (nSPS) is 10.8. The minimum absolute atomic E-state index is 0.136. The maximum Gasteiger partial charge on any atom is 0.273 e. The number of fused-ring (bicyclic) bond motifs is 1. The third-order valence-electron chi connectivity index (χ3n) is 5.76. The number of hydrogen-bond donors (Lipinski definition) is 1. The molecule has 0 aliphatic carbocycles. The van der Waals surface area contributed by atoms with Crippen LogP contribution in [0.2, 0.25) is 0 Å². The Balaban J connectivity index is 1.47. The molecule has 0 atom stereocenters. The van der Waals surface area contributed by atoms with Crippen molar-refractivity contribution < 1.29 is 4.79 Å². The van der Waals surface area contributed by atoms with Crippen LogP contribution in [0, 0.1) is 0 Å². The van der Waals surface area contributed by atoms with Crippen molar-refractivity contribution in [2.75, 3.05) is 12.4 Å². The zero-order valence-corrected chi connectivity index (χ0v) is 19.3. The molecule has 2 aromatic carbocycles. The van der Waals surface area contributed by atoms with Crippen LogP contribution < -0.4 is 5.32 Å². The van der Waals surface area contributed by atoms with Crippen LogP contribution in [-0.2, 0) is 13.1 Å². The lowest BCUT2D eigenvalue weighted by molar-refractivity contribution is 0.0722. The summed E-state index contributed by atoms with van der Waals surface area (Å²) >= 11 is 0. The molecule has 0 saturated heterocycles. The van der Waals surface area contributed by atoms with Crippen molar-refractivity contribution in [2.24, 2.45) is 0 Å². The first-order chi connectivity index (χ1) is 17.2. The van der Waals surface area contributed by atoms with E-state index in [-0.39, 0.29) is 5.91 Å². The monoisotopic (exact) mass is 460 g/mol. The van der Waals surface area contributed by atoms with Crippen LogP contribution in [0.15, 0.2) is 97.6 Å². The van der Waals surface area contributed by atoms with Crippen molar-refractivity contribution >= 4 is 22.6 Å². The van der Waals surface area contributed by atoms with Crippen LogP contribution >= 0.6 is 0 Å². The van der Waals surface area contributed by atoms with Crippen LogP contribution in [0.4, 0.5) is 5.82 Å².